The van der Waals surface area contributed by atoms with E-state index in [-0.39, 0.29) is 10.7 Å². The van der Waals surface area contributed by atoms with Gasteiger partial charge in [-0.05, 0) is 62.0 Å². The predicted octanol–water partition coefficient (Wildman–Crippen LogP) is 4.09. The molecule has 0 spiro atoms. The molecule has 1 N–H and O–H groups in total. The molecule has 1 saturated heterocycles. The molecule has 7 nitrogen and oxygen atoms in total. The number of hydrogen-bond donors (Lipinski definition) is 1. The van der Waals surface area contributed by atoms with E-state index in [0.717, 1.165) is 0 Å². The zero-order valence-corrected chi connectivity index (χ0v) is 19.6. The third-order valence-electron chi connectivity index (χ3n) is 4.39. The molecule has 0 aliphatic carbocycles. The molecule has 31 heavy (non-hydrogen) atoms. The minimum atomic E-state index is -0.583. The maximum Gasteiger partial charge on any atom is 0.270 e. The minimum Gasteiger partial charge on any atom is -0.495 e. The maximum atomic E-state index is 13.3. The molecule has 1 aliphatic rings. The molecule has 1 heterocycles. The van der Waals surface area contributed by atoms with Crippen LogP contribution in [0, 0.1) is 0 Å². The van der Waals surface area contributed by atoms with Gasteiger partial charge in [0.25, 0.3) is 11.8 Å². The lowest BCUT2D eigenvalue weighted by atomic mass is 10.1. The highest BCUT2D eigenvalue weighted by Crippen LogP contribution is 2.36. The van der Waals surface area contributed by atoms with Crippen LogP contribution in [-0.2, 0) is 9.59 Å². The van der Waals surface area contributed by atoms with Crippen LogP contribution in [0.15, 0.2) is 46.4 Å². The van der Waals surface area contributed by atoms with E-state index in [1.165, 1.54) is 18.1 Å². The fourth-order valence-corrected chi connectivity index (χ4v) is 3.76. The minimum absolute atomic E-state index is 0.0163. The van der Waals surface area contributed by atoms with Gasteiger partial charge >= 0.3 is 0 Å². The molecule has 0 saturated carbocycles. The van der Waals surface area contributed by atoms with Crippen molar-refractivity contribution in [3.63, 3.8) is 0 Å². The Kier molecular flexibility index (Phi) is 7.29. The lowest BCUT2D eigenvalue weighted by Gasteiger charge is -2.29. The quantitative estimate of drug-likeness (QED) is 0.347. The highest BCUT2D eigenvalue weighted by molar-refractivity contribution is 9.10. The second-order valence-corrected chi connectivity index (χ2v) is 7.56. The smallest absolute Gasteiger partial charge is 0.270 e. The van der Waals surface area contributed by atoms with Crippen molar-refractivity contribution in [3.8, 4) is 17.2 Å². The topological polar surface area (TPSA) is 77.1 Å². The van der Waals surface area contributed by atoms with Crippen LogP contribution in [0.4, 0.5) is 5.69 Å². The van der Waals surface area contributed by atoms with Crippen LogP contribution in [0.3, 0.4) is 0 Å². The van der Waals surface area contributed by atoms with E-state index >= 15 is 0 Å². The van der Waals surface area contributed by atoms with Crippen molar-refractivity contribution in [2.75, 3.05) is 25.2 Å². The summed E-state index contributed by atoms with van der Waals surface area (Å²) < 4.78 is 17.3. The Morgan fingerprint density at radius 1 is 1.06 bits per heavy atom. The Bertz CT molecular complexity index is 1070. The number of methoxy groups -OCH3 is 1. The van der Waals surface area contributed by atoms with Crippen LogP contribution in [0.2, 0.25) is 0 Å². The molecule has 3 rings (SSSR count). The number of thiocarbonyl (C=S) groups is 1. The molecule has 0 bridgehead atoms. The first kappa shape index (κ1) is 22.8. The summed E-state index contributed by atoms with van der Waals surface area (Å²) in [7, 11) is 1.50. The summed E-state index contributed by atoms with van der Waals surface area (Å²) in [5.74, 6) is 0.390. The van der Waals surface area contributed by atoms with Crippen LogP contribution in [0.5, 0.6) is 17.2 Å². The largest absolute Gasteiger partial charge is 0.495 e. The molecular formula is C22H21BrN2O5S. The summed E-state index contributed by atoms with van der Waals surface area (Å²) in [6.45, 7) is 4.64. The number of nitrogens with zero attached hydrogens (tertiary/aromatic N) is 1. The number of anilines is 1. The SMILES string of the molecule is CCOc1cc(Br)c(/C=C2\C(=O)NC(=S)N(c3ccccc3OC)C2=O)cc1OCC. The number of rotatable bonds is 7. The first-order valence-electron chi connectivity index (χ1n) is 9.54. The van der Waals surface area contributed by atoms with Crippen LogP contribution < -0.4 is 24.4 Å². The highest BCUT2D eigenvalue weighted by atomic mass is 79.9. The molecule has 1 fully saturated rings. The van der Waals surface area contributed by atoms with Crippen molar-refractivity contribution in [1.82, 2.24) is 5.32 Å². The number of benzene rings is 2. The summed E-state index contributed by atoms with van der Waals surface area (Å²) in [6.07, 6.45) is 1.49. The first-order valence-corrected chi connectivity index (χ1v) is 10.7. The molecule has 9 heteroatoms. The average molecular weight is 505 g/mol. The predicted molar refractivity (Wildman–Crippen MR) is 126 cm³/mol. The Labute approximate surface area is 194 Å². The summed E-state index contributed by atoms with van der Waals surface area (Å²) in [5, 5.41) is 2.56. The van der Waals surface area contributed by atoms with Gasteiger partial charge in [-0.1, -0.05) is 28.1 Å². The van der Waals surface area contributed by atoms with Gasteiger partial charge in [0.2, 0.25) is 0 Å². The zero-order chi connectivity index (χ0) is 22.5. The fourth-order valence-electron chi connectivity index (χ4n) is 3.04. The Morgan fingerprint density at radius 2 is 1.71 bits per heavy atom. The van der Waals surface area contributed by atoms with E-state index < -0.39 is 11.8 Å². The van der Waals surface area contributed by atoms with Crippen molar-refractivity contribution < 1.29 is 23.8 Å². The molecule has 0 aromatic heterocycles. The summed E-state index contributed by atoms with van der Waals surface area (Å²) >= 11 is 8.74. The van der Waals surface area contributed by atoms with Crippen molar-refractivity contribution in [2.45, 2.75) is 13.8 Å². The van der Waals surface area contributed by atoms with Crippen molar-refractivity contribution in [1.29, 1.82) is 0 Å². The van der Waals surface area contributed by atoms with Gasteiger partial charge in [-0.3, -0.25) is 14.9 Å². The van der Waals surface area contributed by atoms with Crippen LogP contribution >= 0.6 is 28.1 Å². The van der Waals surface area contributed by atoms with Gasteiger partial charge in [-0.2, -0.15) is 0 Å². The maximum absolute atomic E-state index is 13.3. The standard InChI is InChI=1S/C22H21BrN2O5S/c1-4-29-18-11-13(15(23)12-19(18)30-5-2)10-14-20(26)24-22(31)25(21(14)27)16-8-6-7-9-17(16)28-3/h6-12H,4-5H2,1-3H3,(H,24,26,31)/b14-10+. The van der Waals surface area contributed by atoms with E-state index in [4.69, 9.17) is 26.4 Å². The van der Waals surface area contributed by atoms with Crippen molar-refractivity contribution >= 4 is 56.8 Å². The second-order valence-electron chi connectivity index (χ2n) is 6.32. The number of hydrogen-bond acceptors (Lipinski definition) is 6. The molecule has 2 aromatic carbocycles. The van der Waals surface area contributed by atoms with Gasteiger partial charge in [-0.15, -0.1) is 0 Å². The molecular weight excluding hydrogens is 484 g/mol. The van der Waals surface area contributed by atoms with E-state index in [9.17, 15) is 9.59 Å². The number of ether oxygens (including phenoxy) is 3. The molecule has 0 unspecified atom stereocenters. The van der Waals surface area contributed by atoms with Crippen molar-refractivity contribution in [3.05, 3.63) is 52.0 Å². The molecule has 0 radical (unpaired) electrons. The molecule has 2 amide bonds. The van der Waals surface area contributed by atoms with Gasteiger partial charge < -0.3 is 14.2 Å². The van der Waals surface area contributed by atoms with Crippen LogP contribution in [0.25, 0.3) is 6.08 Å². The van der Waals surface area contributed by atoms with Gasteiger partial charge in [0.1, 0.15) is 11.3 Å². The molecule has 162 valence electrons. The lowest BCUT2D eigenvalue weighted by molar-refractivity contribution is -0.122. The van der Waals surface area contributed by atoms with E-state index in [1.54, 1.807) is 36.4 Å². The van der Waals surface area contributed by atoms with Crippen molar-refractivity contribution in [2.24, 2.45) is 0 Å². The van der Waals surface area contributed by atoms with Gasteiger partial charge in [0.05, 0.1) is 26.0 Å². The Hall–Kier alpha value is -2.91. The van der Waals surface area contributed by atoms with E-state index in [2.05, 4.69) is 21.2 Å². The van der Waals surface area contributed by atoms with E-state index in [1.807, 2.05) is 13.8 Å². The van der Waals surface area contributed by atoms with Crippen LogP contribution in [-0.4, -0.2) is 37.3 Å². The number of nitrogens with one attached hydrogen (secondary N) is 1. The summed E-state index contributed by atoms with van der Waals surface area (Å²) in [4.78, 5) is 27.2. The zero-order valence-electron chi connectivity index (χ0n) is 17.2. The third-order valence-corrected chi connectivity index (χ3v) is 5.36. The molecule has 2 aromatic rings. The second kappa shape index (κ2) is 9.93. The fraction of sp³-hybridized carbons (Fsp3) is 0.227. The lowest BCUT2D eigenvalue weighted by Crippen LogP contribution is -2.54. The number of carbonyl (C=O) groups excluding carboxylic acids is 2. The first-order chi connectivity index (χ1) is 14.9. The monoisotopic (exact) mass is 504 g/mol. The number of amides is 2. The normalized spacial score (nSPS) is 15.2. The number of para-hydroxylation sites is 2. The van der Waals surface area contributed by atoms with Gasteiger partial charge in [-0.25, -0.2) is 4.90 Å². The van der Waals surface area contributed by atoms with Gasteiger partial charge in [0.15, 0.2) is 16.6 Å². The van der Waals surface area contributed by atoms with Crippen LogP contribution in [0.1, 0.15) is 19.4 Å². The molecule has 0 atom stereocenters. The van der Waals surface area contributed by atoms with Gasteiger partial charge in [0, 0.05) is 4.47 Å². The third kappa shape index (κ3) is 4.72. The summed E-state index contributed by atoms with van der Waals surface area (Å²) in [5.41, 5.74) is 0.941. The Balaban J connectivity index is 2.07. The summed E-state index contributed by atoms with van der Waals surface area (Å²) in [6, 6.07) is 10.4. The highest BCUT2D eigenvalue weighted by Gasteiger charge is 2.36. The van der Waals surface area contributed by atoms with E-state index in [0.29, 0.717) is 46.2 Å². The average Bonchev–Trinajstić information content (AvgIpc) is 2.74. The Morgan fingerprint density at radius 3 is 2.35 bits per heavy atom. The number of carbonyl (C=O) groups is 2. The number of halogens is 1. The molecule has 1 aliphatic heterocycles.